The molecular weight excluding hydrogens is 402 g/mol. The highest BCUT2D eigenvalue weighted by Gasteiger charge is 2.17. The fourth-order valence-corrected chi connectivity index (χ4v) is 3.72. The minimum absolute atomic E-state index is 0.0524. The first kappa shape index (κ1) is 20.8. The van der Waals surface area contributed by atoms with E-state index < -0.39 is 17.4 Å². The normalized spacial score (nSPS) is 12.1. The van der Waals surface area contributed by atoms with Crippen LogP contribution in [0, 0.1) is 18.3 Å². The van der Waals surface area contributed by atoms with Crippen molar-refractivity contribution in [2.45, 2.75) is 6.92 Å². The molecule has 150 valence electrons. The van der Waals surface area contributed by atoms with E-state index in [2.05, 4.69) is 10.1 Å². The van der Waals surface area contributed by atoms with Crippen LogP contribution in [0.3, 0.4) is 0 Å². The number of rotatable bonds is 4. The lowest BCUT2D eigenvalue weighted by Gasteiger charge is -2.06. The van der Waals surface area contributed by atoms with Crippen LogP contribution in [0.15, 0.2) is 59.4 Å². The average molecular weight is 419 g/mol. The summed E-state index contributed by atoms with van der Waals surface area (Å²) in [7, 11) is 1.20. The predicted molar refractivity (Wildman–Crippen MR) is 114 cm³/mol. The third-order valence-electron chi connectivity index (χ3n) is 4.15. The van der Waals surface area contributed by atoms with Crippen molar-refractivity contribution in [2.24, 2.45) is 0 Å². The van der Waals surface area contributed by atoms with Gasteiger partial charge in [-0.2, -0.15) is 5.26 Å². The molecule has 0 unspecified atom stereocenters. The molecule has 3 aromatic rings. The third kappa shape index (κ3) is 4.37. The summed E-state index contributed by atoms with van der Waals surface area (Å²) in [6, 6.07) is 17.6. The second kappa shape index (κ2) is 9.03. The number of anilines is 1. The van der Waals surface area contributed by atoms with Crippen LogP contribution < -0.4 is 20.1 Å². The Morgan fingerprint density at radius 1 is 1.13 bits per heavy atom. The number of carbonyl (C=O) groups excluding carboxylic acids is 2. The van der Waals surface area contributed by atoms with Gasteiger partial charge in [0, 0.05) is 11.8 Å². The van der Waals surface area contributed by atoms with Crippen LogP contribution in [0.5, 0.6) is 0 Å². The number of benzene rings is 2. The lowest BCUT2D eigenvalue weighted by atomic mass is 10.2. The van der Waals surface area contributed by atoms with Gasteiger partial charge in [0.25, 0.3) is 11.5 Å². The first-order chi connectivity index (χ1) is 14.4. The van der Waals surface area contributed by atoms with E-state index in [1.165, 1.54) is 11.7 Å². The van der Waals surface area contributed by atoms with Gasteiger partial charge in [0.15, 0.2) is 5.57 Å². The number of hydrogen-bond acceptors (Lipinski definition) is 6. The molecule has 1 amide bonds. The maximum Gasteiger partial charge on any atom is 0.332 e. The molecule has 0 saturated heterocycles. The zero-order valence-electron chi connectivity index (χ0n) is 16.2. The SMILES string of the molecule is COC(=O)C=c1sc(=C(C#N)C(=O)Nc2ccc(C)cc2)n(-c2ccccc2)c1=O. The molecule has 0 atom stereocenters. The summed E-state index contributed by atoms with van der Waals surface area (Å²) >= 11 is 0.872. The minimum atomic E-state index is -0.706. The zero-order chi connectivity index (χ0) is 21.7. The zero-order valence-corrected chi connectivity index (χ0v) is 17.0. The van der Waals surface area contributed by atoms with Gasteiger partial charge in [-0.25, -0.2) is 4.79 Å². The highest BCUT2D eigenvalue weighted by atomic mass is 32.1. The van der Waals surface area contributed by atoms with Gasteiger partial charge in [-0.3, -0.25) is 14.2 Å². The molecule has 0 bridgehead atoms. The Labute approximate surface area is 175 Å². The van der Waals surface area contributed by atoms with E-state index in [1.807, 2.05) is 25.1 Å². The number of hydrogen-bond donors (Lipinski definition) is 1. The molecule has 30 heavy (non-hydrogen) atoms. The molecule has 0 aliphatic rings. The molecule has 3 rings (SSSR count). The number of carbonyl (C=O) groups is 2. The summed E-state index contributed by atoms with van der Waals surface area (Å²) in [4.78, 5) is 37.5. The Balaban J connectivity index is 2.25. The molecule has 0 fully saturated rings. The van der Waals surface area contributed by atoms with Crippen LogP contribution in [0.1, 0.15) is 5.56 Å². The molecule has 2 aromatic carbocycles. The van der Waals surface area contributed by atoms with E-state index in [-0.39, 0.29) is 14.8 Å². The molecule has 1 N–H and O–H groups in total. The van der Waals surface area contributed by atoms with Crippen LogP contribution in [-0.4, -0.2) is 23.6 Å². The smallest absolute Gasteiger partial charge is 0.332 e. The van der Waals surface area contributed by atoms with Crippen molar-refractivity contribution in [3.8, 4) is 11.8 Å². The van der Waals surface area contributed by atoms with E-state index in [0.717, 1.165) is 23.0 Å². The Hall–Kier alpha value is -3.96. The van der Waals surface area contributed by atoms with Crippen molar-refractivity contribution in [3.63, 3.8) is 0 Å². The minimum Gasteiger partial charge on any atom is -0.466 e. The molecule has 0 aliphatic carbocycles. The lowest BCUT2D eigenvalue weighted by molar-refractivity contribution is -0.133. The Morgan fingerprint density at radius 2 is 1.80 bits per heavy atom. The topological polar surface area (TPSA) is 101 Å². The maximum absolute atomic E-state index is 13.0. The number of thiazole rings is 1. The van der Waals surface area contributed by atoms with Crippen LogP contribution in [0.2, 0.25) is 0 Å². The second-order valence-electron chi connectivity index (χ2n) is 6.22. The number of aromatic nitrogens is 1. The van der Waals surface area contributed by atoms with Crippen molar-refractivity contribution in [1.29, 1.82) is 5.26 Å². The van der Waals surface area contributed by atoms with Crippen molar-refractivity contribution < 1.29 is 14.3 Å². The second-order valence-corrected chi connectivity index (χ2v) is 7.25. The van der Waals surface area contributed by atoms with E-state index in [0.29, 0.717) is 11.4 Å². The molecule has 1 heterocycles. The first-order valence-corrected chi connectivity index (χ1v) is 9.65. The van der Waals surface area contributed by atoms with Gasteiger partial charge >= 0.3 is 5.97 Å². The number of ether oxygens (including phenoxy) is 1. The number of aryl methyl sites for hydroxylation is 1. The average Bonchev–Trinajstić information content (AvgIpc) is 3.06. The number of amides is 1. The molecule has 0 saturated carbocycles. The fraction of sp³-hybridized carbons (Fsp3) is 0.0909. The summed E-state index contributed by atoms with van der Waals surface area (Å²) in [6.45, 7) is 1.92. The maximum atomic E-state index is 13.0. The number of nitriles is 1. The van der Waals surface area contributed by atoms with Gasteiger partial charge in [0.2, 0.25) is 0 Å². The molecule has 1 aromatic heterocycles. The van der Waals surface area contributed by atoms with Gasteiger partial charge in [-0.15, -0.1) is 11.3 Å². The first-order valence-electron chi connectivity index (χ1n) is 8.84. The Morgan fingerprint density at radius 3 is 2.40 bits per heavy atom. The lowest BCUT2D eigenvalue weighted by Crippen LogP contribution is -2.32. The largest absolute Gasteiger partial charge is 0.466 e. The van der Waals surface area contributed by atoms with Crippen LogP contribution in [0.4, 0.5) is 5.69 Å². The number of methoxy groups -OCH3 is 1. The van der Waals surface area contributed by atoms with Crippen LogP contribution in [-0.2, 0) is 14.3 Å². The molecule has 7 nitrogen and oxygen atoms in total. The summed E-state index contributed by atoms with van der Waals surface area (Å²) in [5.41, 5.74) is 1.24. The fourth-order valence-electron chi connectivity index (χ4n) is 2.65. The van der Waals surface area contributed by atoms with E-state index in [4.69, 9.17) is 0 Å². The quantitative estimate of drug-likeness (QED) is 0.646. The summed E-state index contributed by atoms with van der Waals surface area (Å²) in [5.74, 6) is -1.36. The van der Waals surface area contributed by atoms with Gasteiger partial charge in [-0.05, 0) is 31.2 Å². The van der Waals surface area contributed by atoms with Crippen molar-refractivity contribution in [1.82, 2.24) is 4.57 Å². The van der Waals surface area contributed by atoms with Crippen molar-refractivity contribution in [3.05, 3.63) is 79.7 Å². The van der Waals surface area contributed by atoms with Crippen molar-refractivity contribution >= 4 is 40.5 Å². The van der Waals surface area contributed by atoms with E-state index >= 15 is 0 Å². The number of nitrogens with one attached hydrogen (secondary N) is 1. The Kier molecular flexibility index (Phi) is 6.25. The summed E-state index contributed by atoms with van der Waals surface area (Å²) in [6.07, 6.45) is 1.04. The molecule has 0 aliphatic heterocycles. The summed E-state index contributed by atoms with van der Waals surface area (Å²) in [5, 5.41) is 12.4. The van der Waals surface area contributed by atoms with Gasteiger partial charge in [-0.1, -0.05) is 35.9 Å². The van der Waals surface area contributed by atoms with Crippen LogP contribution >= 0.6 is 11.3 Å². The highest BCUT2D eigenvalue weighted by molar-refractivity contribution is 7.07. The van der Waals surface area contributed by atoms with Crippen LogP contribution in [0.25, 0.3) is 17.3 Å². The third-order valence-corrected chi connectivity index (χ3v) is 5.24. The highest BCUT2D eigenvalue weighted by Crippen LogP contribution is 2.10. The summed E-state index contributed by atoms with van der Waals surface area (Å²) < 4.78 is 6.01. The van der Waals surface area contributed by atoms with Gasteiger partial charge < -0.3 is 10.1 Å². The molecule has 8 heteroatoms. The van der Waals surface area contributed by atoms with Gasteiger partial charge in [0.1, 0.15) is 15.3 Å². The number of para-hydroxylation sites is 1. The number of esters is 1. The Bertz CT molecular complexity index is 1310. The van der Waals surface area contributed by atoms with Crippen molar-refractivity contribution in [2.75, 3.05) is 12.4 Å². The van der Waals surface area contributed by atoms with E-state index in [9.17, 15) is 19.6 Å². The predicted octanol–water partition coefficient (Wildman–Crippen LogP) is 1.47. The van der Waals surface area contributed by atoms with E-state index in [1.54, 1.807) is 42.5 Å². The van der Waals surface area contributed by atoms with Gasteiger partial charge in [0.05, 0.1) is 12.8 Å². The molecular formula is C22H17N3O4S. The standard InChI is InChI=1S/C22H17N3O4S/c1-14-8-10-15(11-9-14)24-20(27)17(13-23)22-25(16-6-4-3-5-7-16)21(28)18(30-22)12-19(26)29-2/h3-12H,1-2H3,(H,24,27). The molecule has 0 spiro atoms. The monoisotopic (exact) mass is 419 g/mol. The molecule has 0 radical (unpaired) electrons. The number of nitrogens with zero attached hydrogens (tertiary/aromatic N) is 2.